The van der Waals surface area contributed by atoms with Gasteiger partial charge < -0.3 is 25.2 Å². The number of hydrogen-bond acceptors (Lipinski definition) is 6. The fourth-order valence-corrected chi connectivity index (χ4v) is 3.65. The fraction of sp³-hybridized carbons (Fsp3) is 0.478. The number of carbonyl (C=O) groups is 2. The van der Waals surface area contributed by atoms with Gasteiger partial charge in [-0.15, -0.1) is 0 Å². The van der Waals surface area contributed by atoms with Gasteiger partial charge >= 0.3 is 6.03 Å². The molecule has 4 rings (SSSR count). The number of nitrogens with zero attached hydrogens (tertiary/aromatic N) is 4. The molecule has 9 nitrogen and oxygen atoms in total. The molecular weight excluding hydrogens is 408 g/mol. The first-order valence-electron chi connectivity index (χ1n) is 11.2. The molecule has 2 aliphatic heterocycles. The molecule has 9 heteroatoms. The minimum Gasteiger partial charge on any atom is -0.378 e. The smallest absolute Gasteiger partial charge is 0.319 e. The van der Waals surface area contributed by atoms with E-state index in [4.69, 9.17) is 9.72 Å². The van der Waals surface area contributed by atoms with Gasteiger partial charge in [0.05, 0.1) is 13.2 Å². The minimum atomic E-state index is -0.251. The zero-order valence-electron chi connectivity index (χ0n) is 19.3. The molecule has 2 N–H and O–H groups in total. The molecule has 0 saturated carbocycles. The van der Waals surface area contributed by atoms with Crippen LogP contribution in [0.3, 0.4) is 0 Å². The van der Waals surface area contributed by atoms with Gasteiger partial charge in [-0.25, -0.2) is 14.8 Å². The summed E-state index contributed by atoms with van der Waals surface area (Å²) in [6, 6.07) is 7.05. The molecule has 3 heterocycles. The van der Waals surface area contributed by atoms with Gasteiger partial charge in [-0.05, 0) is 37.6 Å². The molecule has 0 aliphatic carbocycles. The predicted octanol–water partition coefficient (Wildman–Crippen LogP) is 2.78. The van der Waals surface area contributed by atoms with E-state index in [0.717, 1.165) is 36.5 Å². The summed E-state index contributed by atoms with van der Waals surface area (Å²) in [5.41, 5.74) is 2.85. The SMILES string of the molecule is CC.CCNC(=O)Nc1ccc(-c2nc3c(c(N4CCOCC4)n2)CCN(C)C3=O)cc1. The number of aromatic nitrogens is 2. The number of fused-ring (bicyclic) bond motifs is 1. The molecular formula is C23H32N6O3. The molecule has 3 amide bonds. The van der Waals surface area contributed by atoms with Crippen LogP contribution in [0.2, 0.25) is 0 Å². The van der Waals surface area contributed by atoms with E-state index < -0.39 is 0 Å². The van der Waals surface area contributed by atoms with Crippen molar-refractivity contribution in [3.8, 4) is 11.4 Å². The highest BCUT2D eigenvalue weighted by Crippen LogP contribution is 2.30. The third-order valence-electron chi connectivity index (χ3n) is 5.28. The minimum absolute atomic E-state index is 0.0797. The van der Waals surface area contributed by atoms with Crippen molar-refractivity contribution in [1.29, 1.82) is 0 Å². The van der Waals surface area contributed by atoms with Crippen molar-refractivity contribution >= 4 is 23.4 Å². The van der Waals surface area contributed by atoms with E-state index in [9.17, 15) is 9.59 Å². The number of amides is 3. The summed E-state index contributed by atoms with van der Waals surface area (Å²) in [6.45, 7) is 9.83. The first kappa shape index (κ1) is 23.5. The lowest BCUT2D eigenvalue weighted by molar-refractivity contribution is 0.0774. The summed E-state index contributed by atoms with van der Waals surface area (Å²) >= 11 is 0. The van der Waals surface area contributed by atoms with Crippen molar-refractivity contribution in [2.45, 2.75) is 27.2 Å². The summed E-state index contributed by atoms with van der Waals surface area (Å²) in [4.78, 5) is 37.9. The lowest BCUT2D eigenvalue weighted by Gasteiger charge is -2.32. The van der Waals surface area contributed by atoms with Crippen LogP contribution in [0, 0.1) is 0 Å². The summed E-state index contributed by atoms with van der Waals surface area (Å²) < 4.78 is 5.48. The molecule has 0 bridgehead atoms. The maximum Gasteiger partial charge on any atom is 0.319 e. The van der Waals surface area contributed by atoms with E-state index in [1.165, 1.54) is 0 Å². The topological polar surface area (TPSA) is 99.7 Å². The van der Waals surface area contributed by atoms with Gasteiger partial charge in [-0.3, -0.25) is 4.79 Å². The number of hydrogen-bond donors (Lipinski definition) is 2. The average Bonchev–Trinajstić information content (AvgIpc) is 2.83. The predicted molar refractivity (Wildman–Crippen MR) is 125 cm³/mol. The van der Waals surface area contributed by atoms with Crippen LogP contribution in [0.5, 0.6) is 0 Å². The zero-order valence-corrected chi connectivity index (χ0v) is 19.3. The standard InChI is InChI=1S/C21H26N6O3.C2H6/c1-3-22-21(29)23-15-6-4-14(5-7-15)18-24-17-16(8-9-26(2)20(17)28)19(25-18)27-10-12-30-13-11-27;1-2/h4-7H,3,8-13H2,1-2H3,(H2,22,23,29);1-2H3. The van der Waals surface area contributed by atoms with Crippen LogP contribution in [0.25, 0.3) is 11.4 Å². The Morgan fingerprint density at radius 3 is 2.44 bits per heavy atom. The number of rotatable bonds is 4. The van der Waals surface area contributed by atoms with Crippen LogP contribution in [0.4, 0.5) is 16.3 Å². The second kappa shape index (κ2) is 10.9. The number of likely N-dealkylation sites (N-methyl/N-ethyl adjacent to an activating group) is 1. The second-order valence-corrected chi connectivity index (χ2v) is 7.34. The number of morpholine rings is 1. The number of benzene rings is 1. The molecule has 1 aromatic carbocycles. The Kier molecular flexibility index (Phi) is 7.99. The third kappa shape index (κ3) is 5.16. The summed E-state index contributed by atoms with van der Waals surface area (Å²) in [5, 5.41) is 5.47. The summed E-state index contributed by atoms with van der Waals surface area (Å²) in [6.07, 6.45) is 0.736. The first-order valence-corrected chi connectivity index (χ1v) is 11.2. The number of nitrogens with one attached hydrogen (secondary N) is 2. The molecule has 32 heavy (non-hydrogen) atoms. The Hall–Kier alpha value is -3.20. The number of carbonyl (C=O) groups excluding carboxylic acids is 2. The number of anilines is 2. The Balaban J connectivity index is 0.00000141. The van der Waals surface area contributed by atoms with Gasteiger partial charge in [-0.2, -0.15) is 0 Å². The Morgan fingerprint density at radius 2 is 1.78 bits per heavy atom. The highest BCUT2D eigenvalue weighted by molar-refractivity contribution is 5.96. The second-order valence-electron chi connectivity index (χ2n) is 7.34. The van der Waals surface area contributed by atoms with Crippen LogP contribution in [-0.4, -0.2) is 73.2 Å². The van der Waals surface area contributed by atoms with Crippen LogP contribution in [0.15, 0.2) is 24.3 Å². The fourth-order valence-electron chi connectivity index (χ4n) is 3.65. The van der Waals surface area contributed by atoms with E-state index in [1.807, 2.05) is 32.9 Å². The molecule has 1 saturated heterocycles. The van der Waals surface area contributed by atoms with Gasteiger partial charge in [-0.1, -0.05) is 13.8 Å². The maximum atomic E-state index is 12.8. The Morgan fingerprint density at radius 1 is 1.09 bits per heavy atom. The van der Waals surface area contributed by atoms with Crippen molar-refractivity contribution < 1.29 is 14.3 Å². The zero-order chi connectivity index (χ0) is 23.1. The lowest BCUT2D eigenvalue weighted by atomic mass is 10.0. The molecule has 0 spiro atoms. The number of ether oxygens (including phenoxy) is 1. The Bertz CT molecular complexity index is 941. The summed E-state index contributed by atoms with van der Waals surface area (Å²) in [7, 11) is 1.79. The Labute approximate surface area is 189 Å². The van der Waals surface area contributed by atoms with Crippen molar-refractivity contribution in [3.63, 3.8) is 0 Å². The third-order valence-corrected chi connectivity index (χ3v) is 5.28. The number of urea groups is 1. The van der Waals surface area contributed by atoms with Gasteiger partial charge in [0.25, 0.3) is 5.91 Å². The highest BCUT2D eigenvalue weighted by atomic mass is 16.5. The van der Waals surface area contributed by atoms with E-state index >= 15 is 0 Å². The van der Waals surface area contributed by atoms with Gasteiger partial charge in [0.2, 0.25) is 0 Å². The van der Waals surface area contributed by atoms with Crippen molar-refractivity contribution in [2.24, 2.45) is 0 Å². The molecule has 1 fully saturated rings. The molecule has 2 aliphatic rings. The van der Waals surface area contributed by atoms with Gasteiger partial charge in [0.15, 0.2) is 5.82 Å². The molecule has 1 aromatic heterocycles. The van der Waals surface area contributed by atoms with Gasteiger partial charge in [0.1, 0.15) is 11.5 Å². The van der Waals surface area contributed by atoms with Crippen molar-refractivity contribution in [2.75, 3.05) is 56.7 Å². The lowest BCUT2D eigenvalue weighted by Crippen LogP contribution is -2.41. The van der Waals surface area contributed by atoms with Crippen LogP contribution >= 0.6 is 0 Å². The largest absolute Gasteiger partial charge is 0.378 e. The molecule has 0 unspecified atom stereocenters. The quantitative estimate of drug-likeness (QED) is 0.758. The first-order chi connectivity index (χ1) is 15.6. The monoisotopic (exact) mass is 440 g/mol. The normalized spacial score (nSPS) is 15.4. The van der Waals surface area contributed by atoms with Crippen LogP contribution < -0.4 is 15.5 Å². The molecule has 172 valence electrons. The van der Waals surface area contributed by atoms with E-state index in [2.05, 4.69) is 20.5 Å². The molecule has 0 atom stereocenters. The van der Waals surface area contributed by atoms with Crippen molar-refractivity contribution in [3.05, 3.63) is 35.5 Å². The van der Waals surface area contributed by atoms with Crippen LogP contribution in [0.1, 0.15) is 36.8 Å². The van der Waals surface area contributed by atoms with Crippen LogP contribution in [-0.2, 0) is 11.2 Å². The van der Waals surface area contributed by atoms with E-state index in [0.29, 0.717) is 43.5 Å². The van der Waals surface area contributed by atoms with Gasteiger partial charge in [0, 0.05) is 50.0 Å². The van der Waals surface area contributed by atoms with E-state index in [1.54, 1.807) is 24.1 Å². The van der Waals surface area contributed by atoms with Crippen molar-refractivity contribution in [1.82, 2.24) is 20.2 Å². The average molecular weight is 441 g/mol. The van der Waals surface area contributed by atoms with E-state index in [-0.39, 0.29) is 11.9 Å². The highest BCUT2D eigenvalue weighted by Gasteiger charge is 2.30. The summed E-state index contributed by atoms with van der Waals surface area (Å²) in [5.74, 6) is 1.25. The maximum absolute atomic E-state index is 12.8. The molecule has 2 aromatic rings. The molecule has 0 radical (unpaired) electrons.